The first kappa shape index (κ1) is 7.10. The van der Waals surface area contributed by atoms with Crippen LogP contribution in [0.2, 0.25) is 0 Å². The molecule has 0 saturated carbocycles. The van der Waals surface area contributed by atoms with Crippen LogP contribution in [0.3, 0.4) is 0 Å². The Labute approximate surface area is 60.3 Å². The molecule has 1 aliphatic rings. The van der Waals surface area contributed by atoms with Crippen LogP contribution in [-0.2, 0) is 0 Å². The lowest BCUT2D eigenvalue weighted by Gasteiger charge is -1.98. The van der Waals surface area contributed by atoms with E-state index in [1.807, 2.05) is 0 Å². The molecule has 0 spiro atoms. The Morgan fingerprint density at radius 2 is 2.33 bits per heavy atom. The van der Waals surface area contributed by atoms with Gasteiger partial charge in [0.25, 0.3) is 0 Å². The number of allylic oxidation sites excluding steroid dienone is 1. The van der Waals surface area contributed by atoms with Crippen LogP contribution >= 0.6 is 11.6 Å². The van der Waals surface area contributed by atoms with Gasteiger partial charge in [-0.25, -0.2) is 0 Å². The van der Waals surface area contributed by atoms with Gasteiger partial charge in [-0.1, -0.05) is 18.0 Å². The molecule has 9 heavy (non-hydrogen) atoms. The molecule has 0 radical (unpaired) electrons. The molecule has 0 fully saturated rings. The fourth-order valence-corrected chi connectivity index (χ4v) is 1.30. The molecule has 1 rings (SSSR count). The molecular weight excluding hydrogens is 136 g/mol. The largest absolute Gasteiger partial charge is 0.389 e. The normalized spacial score (nSPS) is 29.1. The van der Waals surface area contributed by atoms with E-state index in [0.29, 0.717) is 0 Å². The monoisotopic (exact) mass is 146 g/mol. The van der Waals surface area contributed by atoms with E-state index < -0.39 is 0 Å². The molecule has 0 amide bonds. The highest BCUT2D eigenvalue weighted by molar-refractivity contribution is 6.29. The van der Waals surface area contributed by atoms with E-state index in [1.54, 1.807) is 6.08 Å². The molecule has 0 saturated heterocycles. The summed E-state index contributed by atoms with van der Waals surface area (Å²) in [5.41, 5.74) is 0. The van der Waals surface area contributed by atoms with Gasteiger partial charge in [0, 0.05) is 5.03 Å². The maximum absolute atomic E-state index is 9.10. The Bertz CT molecular complexity index is 120. The summed E-state index contributed by atoms with van der Waals surface area (Å²) in [6.07, 6.45) is 5.48. The second-order valence-corrected chi connectivity index (χ2v) is 2.91. The third kappa shape index (κ3) is 2.37. The molecule has 0 aliphatic heterocycles. The second-order valence-electron chi connectivity index (χ2n) is 2.43. The topological polar surface area (TPSA) is 20.2 Å². The van der Waals surface area contributed by atoms with E-state index in [2.05, 4.69) is 0 Å². The summed E-state index contributed by atoms with van der Waals surface area (Å²) >= 11 is 5.72. The van der Waals surface area contributed by atoms with E-state index >= 15 is 0 Å². The molecule has 0 bridgehead atoms. The third-order valence-corrected chi connectivity index (χ3v) is 1.85. The van der Waals surface area contributed by atoms with Gasteiger partial charge < -0.3 is 5.11 Å². The average Bonchev–Trinajstić information content (AvgIpc) is 1.93. The van der Waals surface area contributed by atoms with Crippen molar-refractivity contribution in [3.8, 4) is 0 Å². The Morgan fingerprint density at radius 1 is 1.56 bits per heavy atom. The van der Waals surface area contributed by atoms with E-state index in [-0.39, 0.29) is 6.10 Å². The number of aliphatic hydroxyl groups excluding tert-OH is 1. The summed E-state index contributed by atoms with van der Waals surface area (Å²) in [5.74, 6) is 0. The van der Waals surface area contributed by atoms with Crippen molar-refractivity contribution in [2.45, 2.75) is 31.8 Å². The summed E-state index contributed by atoms with van der Waals surface area (Å²) in [6.45, 7) is 0. The van der Waals surface area contributed by atoms with Gasteiger partial charge in [-0.3, -0.25) is 0 Å². The minimum absolute atomic E-state index is 0.292. The maximum Gasteiger partial charge on any atom is 0.0735 e. The molecule has 1 aliphatic carbocycles. The number of hydrogen-bond donors (Lipinski definition) is 1. The van der Waals surface area contributed by atoms with Gasteiger partial charge in [-0.2, -0.15) is 0 Å². The first-order chi connectivity index (χ1) is 4.29. The molecule has 2 heteroatoms. The fourth-order valence-electron chi connectivity index (χ4n) is 1.02. The lowest BCUT2D eigenvalue weighted by Crippen LogP contribution is -1.99. The van der Waals surface area contributed by atoms with Crippen LogP contribution < -0.4 is 0 Å². The fraction of sp³-hybridized carbons (Fsp3) is 0.714. The van der Waals surface area contributed by atoms with Crippen molar-refractivity contribution in [1.29, 1.82) is 0 Å². The van der Waals surface area contributed by atoms with Crippen LogP contribution in [0.1, 0.15) is 25.7 Å². The number of aliphatic hydroxyl groups is 1. The Hall–Kier alpha value is -0.0100. The smallest absolute Gasteiger partial charge is 0.0735 e. The summed E-state index contributed by atoms with van der Waals surface area (Å²) in [7, 11) is 0. The zero-order valence-corrected chi connectivity index (χ0v) is 6.06. The van der Waals surface area contributed by atoms with Crippen molar-refractivity contribution in [2.24, 2.45) is 0 Å². The Balaban J connectivity index is 2.49. The molecule has 1 N–H and O–H groups in total. The van der Waals surface area contributed by atoms with E-state index in [9.17, 15) is 0 Å². The molecule has 1 atom stereocenters. The third-order valence-electron chi connectivity index (χ3n) is 1.54. The van der Waals surface area contributed by atoms with Crippen LogP contribution in [-0.4, -0.2) is 11.2 Å². The van der Waals surface area contributed by atoms with E-state index in [4.69, 9.17) is 16.7 Å². The number of halogens is 1. The number of hydrogen-bond acceptors (Lipinski definition) is 1. The van der Waals surface area contributed by atoms with Gasteiger partial charge >= 0.3 is 0 Å². The van der Waals surface area contributed by atoms with Gasteiger partial charge in [0.2, 0.25) is 0 Å². The van der Waals surface area contributed by atoms with Gasteiger partial charge in [-0.05, 0) is 25.3 Å². The van der Waals surface area contributed by atoms with Gasteiger partial charge in [-0.15, -0.1) is 0 Å². The number of rotatable bonds is 0. The average molecular weight is 147 g/mol. The van der Waals surface area contributed by atoms with Crippen molar-refractivity contribution < 1.29 is 5.11 Å². The highest BCUT2D eigenvalue weighted by atomic mass is 35.5. The van der Waals surface area contributed by atoms with Crippen LogP contribution in [0.25, 0.3) is 0 Å². The minimum atomic E-state index is -0.292. The summed E-state index contributed by atoms with van der Waals surface area (Å²) in [4.78, 5) is 0. The van der Waals surface area contributed by atoms with Crippen molar-refractivity contribution in [3.63, 3.8) is 0 Å². The minimum Gasteiger partial charge on any atom is -0.389 e. The second kappa shape index (κ2) is 3.23. The SMILES string of the molecule is OC1C=C(Cl)CCCC1. The van der Waals surface area contributed by atoms with Crippen LogP contribution in [0.15, 0.2) is 11.1 Å². The lowest BCUT2D eigenvalue weighted by atomic mass is 10.2. The predicted molar refractivity (Wildman–Crippen MR) is 38.4 cm³/mol. The zero-order valence-electron chi connectivity index (χ0n) is 5.31. The van der Waals surface area contributed by atoms with Crippen molar-refractivity contribution in [3.05, 3.63) is 11.1 Å². The molecular formula is C7H11ClO. The Kier molecular flexibility index (Phi) is 2.55. The molecule has 0 heterocycles. The van der Waals surface area contributed by atoms with Crippen LogP contribution in [0, 0.1) is 0 Å². The molecule has 1 nitrogen and oxygen atoms in total. The summed E-state index contributed by atoms with van der Waals surface area (Å²) in [6, 6.07) is 0. The first-order valence-corrected chi connectivity index (χ1v) is 3.71. The molecule has 1 unspecified atom stereocenters. The highest BCUT2D eigenvalue weighted by Gasteiger charge is 2.06. The zero-order chi connectivity index (χ0) is 6.69. The highest BCUT2D eigenvalue weighted by Crippen LogP contribution is 2.19. The molecule has 0 aromatic rings. The summed E-state index contributed by atoms with van der Waals surface area (Å²) < 4.78 is 0. The standard InChI is InChI=1S/C7H11ClO/c8-6-3-1-2-4-7(9)5-6/h5,7,9H,1-4H2. The van der Waals surface area contributed by atoms with Crippen molar-refractivity contribution >= 4 is 11.6 Å². The van der Waals surface area contributed by atoms with E-state index in [1.165, 1.54) is 0 Å². The quantitative estimate of drug-likeness (QED) is 0.555. The van der Waals surface area contributed by atoms with Gasteiger partial charge in [0.15, 0.2) is 0 Å². The molecule has 0 aromatic carbocycles. The van der Waals surface area contributed by atoms with Crippen molar-refractivity contribution in [2.75, 3.05) is 0 Å². The van der Waals surface area contributed by atoms with Gasteiger partial charge in [0.1, 0.15) is 0 Å². The van der Waals surface area contributed by atoms with Gasteiger partial charge in [0.05, 0.1) is 6.10 Å². The van der Waals surface area contributed by atoms with Crippen LogP contribution in [0.5, 0.6) is 0 Å². The lowest BCUT2D eigenvalue weighted by molar-refractivity contribution is 0.211. The predicted octanol–water partition coefficient (Wildman–Crippen LogP) is 2.04. The first-order valence-electron chi connectivity index (χ1n) is 3.33. The maximum atomic E-state index is 9.10. The van der Waals surface area contributed by atoms with Crippen LogP contribution in [0.4, 0.5) is 0 Å². The summed E-state index contributed by atoms with van der Waals surface area (Å²) in [5, 5.41) is 9.92. The van der Waals surface area contributed by atoms with Crippen molar-refractivity contribution in [1.82, 2.24) is 0 Å². The molecule has 52 valence electrons. The van der Waals surface area contributed by atoms with E-state index in [0.717, 1.165) is 30.7 Å². The molecule has 0 aromatic heterocycles. The Morgan fingerprint density at radius 3 is 3.11 bits per heavy atom.